The molecule has 27 heavy (non-hydrogen) atoms. The number of ether oxygens (including phenoxy) is 1. The summed E-state index contributed by atoms with van der Waals surface area (Å²) in [5.41, 5.74) is 3.09. The van der Waals surface area contributed by atoms with Gasteiger partial charge in [-0.05, 0) is 61.9 Å². The molecule has 0 aliphatic rings. The van der Waals surface area contributed by atoms with Crippen LogP contribution in [-0.4, -0.2) is 17.0 Å². The first-order valence-corrected chi connectivity index (χ1v) is 9.75. The molecule has 1 aromatic heterocycles. The van der Waals surface area contributed by atoms with E-state index in [1.54, 1.807) is 24.9 Å². The summed E-state index contributed by atoms with van der Waals surface area (Å²) in [6.07, 6.45) is 3.07. The third kappa shape index (κ3) is 5.86. The monoisotopic (exact) mass is 378 g/mol. The Bertz CT molecular complexity index is 865. The molecule has 1 N–H and O–H groups in total. The topological polar surface area (TPSA) is 51.2 Å². The number of anilines is 1. The van der Waals surface area contributed by atoms with Crippen LogP contribution in [0.2, 0.25) is 0 Å². The summed E-state index contributed by atoms with van der Waals surface area (Å²) in [6, 6.07) is 19.5. The molecule has 3 aromatic rings. The quantitative estimate of drug-likeness (QED) is 0.582. The van der Waals surface area contributed by atoms with Gasteiger partial charge in [0.1, 0.15) is 5.75 Å². The second-order valence-corrected chi connectivity index (χ2v) is 7.29. The molecule has 0 spiro atoms. The lowest BCUT2D eigenvalue weighted by molar-refractivity contribution is -0.122. The lowest BCUT2D eigenvalue weighted by atomic mass is 10.2. The number of nitrogens with zero attached hydrogens (tertiary/aromatic N) is 1. The number of hydrogen-bond acceptors (Lipinski definition) is 4. The van der Waals surface area contributed by atoms with Gasteiger partial charge in [0.15, 0.2) is 6.10 Å². The highest BCUT2D eigenvalue weighted by atomic mass is 32.2. The predicted molar refractivity (Wildman–Crippen MR) is 110 cm³/mol. The normalized spacial score (nSPS) is 11.6. The molecule has 0 radical (unpaired) electrons. The summed E-state index contributed by atoms with van der Waals surface area (Å²) in [6.45, 7) is 3.76. The Labute approximate surface area is 164 Å². The van der Waals surface area contributed by atoms with Gasteiger partial charge in [0, 0.05) is 28.7 Å². The molecule has 0 saturated heterocycles. The number of carbonyl (C=O) groups excluding carboxylic acids is 1. The molecule has 0 saturated carbocycles. The number of amides is 1. The minimum Gasteiger partial charge on any atom is -0.481 e. The third-order valence-corrected chi connectivity index (χ3v) is 5.04. The van der Waals surface area contributed by atoms with E-state index in [9.17, 15) is 4.79 Å². The van der Waals surface area contributed by atoms with Gasteiger partial charge in [0.05, 0.1) is 0 Å². The molecule has 1 amide bonds. The number of nitrogens with one attached hydrogen (secondary N) is 1. The van der Waals surface area contributed by atoms with Gasteiger partial charge < -0.3 is 10.1 Å². The molecule has 4 nitrogen and oxygen atoms in total. The minimum absolute atomic E-state index is 0.175. The molecule has 0 bridgehead atoms. The zero-order valence-corrected chi connectivity index (χ0v) is 16.2. The summed E-state index contributed by atoms with van der Waals surface area (Å²) >= 11 is 1.73. The predicted octanol–water partition coefficient (Wildman–Crippen LogP) is 5.09. The Morgan fingerprint density at radius 2 is 1.85 bits per heavy atom. The van der Waals surface area contributed by atoms with Crippen molar-refractivity contribution in [2.45, 2.75) is 30.6 Å². The van der Waals surface area contributed by atoms with E-state index in [2.05, 4.69) is 16.4 Å². The summed E-state index contributed by atoms with van der Waals surface area (Å²) in [5.74, 6) is 1.37. The number of aromatic nitrogens is 1. The zero-order valence-electron chi connectivity index (χ0n) is 15.4. The van der Waals surface area contributed by atoms with E-state index < -0.39 is 6.10 Å². The molecule has 0 aliphatic carbocycles. The van der Waals surface area contributed by atoms with Crippen LogP contribution < -0.4 is 10.1 Å². The molecule has 0 aliphatic heterocycles. The number of rotatable bonds is 7. The fourth-order valence-electron chi connectivity index (χ4n) is 2.40. The van der Waals surface area contributed by atoms with Crippen LogP contribution in [0.5, 0.6) is 5.75 Å². The van der Waals surface area contributed by atoms with E-state index in [0.29, 0.717) is 5.75 Å². The van der Waals surface area contributed by atoms with Crippen LogP contribution in [0, 0.1) is 6.92 Å². The van der Waals surface area contributed by atoms with Crippen LogP contribution in [0.4, 0.5) is 5.69 Å². The molecule has 5 heteroatoms. The van der Waals surface area contributed by atoms with E-state index in [4.69, 9.17) is 4.74 Å². The number of carbonyl (C=O) groups is 1. The highest BCUT2D eigenvalue weighted by molar-refractivity contribution is 7.98. The van der Waals surface area contributed by atoms with Gasteiger partial charge in [-0.2, -0.15) is 0 Å². The summed E-state index contributed by atoms with van der Waals surface area (Å²) in [7, 11) is 0. The van der Waals surface area contributed by atoms with Crippen LogP contribution >= 0.6 is 11.8 Å². The average molecular weight is 378 g/mol. The van der Waals surface area contributed by atoms with Gasteiger partial charge in [0.2, 0.25) is 0 Å². The second-order valence-electron chi connectivity index (χ2n) is 6.24. The van der Waals surface area contributed by atoms with Gasteiger partial charge in [-0.15, -0.1) is 11.8 Å². The van der Waals surface area contributed by atoms with E-state index in [1.165, 1.54) is 5.56 Å². The van der Waals surface area contributed by atoms with Crippen molar-refractivity contribution in [1.82, 2.24) is 4.98 Å². The van der Waals surface area contributed by atoms with Crippen LogP contribution in [0.3, 0.4) is 0 Å². The van der Waals surface area contributed by atoms with Crippen LogP contribution in [0.25, 0.3) is 0 Å². The molecule has 1 unspecified atom stereocenters. The molecular formula is C22H22N2O2S. The Hall–Kier alpha value is -2.79. The molecule has 3 rings (SSSR count). The summed E-state index contributed by atoms with van der Waals surface area (Å²) in [5, 5.41) is 2.89. The average Bonchev–Trinajstić information content (AvgIpc) is 2.70. The molecule has 0 fully saturated rings. The Morgan fingerprint density at radius 1 is 1.11 bits per heavy atom. The SMILES string of the molecule is Cc1ccc(OC(C)C(=O)Nc2ccc(SCc3cccnc3)cc2)cc1. The third-order valence-electron chi connectivity index (χ3n) is 3.95. The first-order valence-electron chi connectivity index (χ1n) is 8.76. The van der Waals surface area contributed by atoms with E-state index in [-0.39, 0.29) is 5.91 Å². The number of hydrogen-bond donors (Lipinski definition) is 1. The maximum absolute atomic E-state index is 12.3. The standard InChI is InChI=1S/C22H22N2O2S/c1-16-5-9-20(10-6-16)26-17(2)22(25)24-19-7-11-21(12-8-19)27-15-18-4-3-13-23-14-18/h3-14,17H,15H2,1-2H3,(H,24,25). The number of pyridine rings is 1. The lowest BCUT2D eigenvalue weighted by Crippen LogP contribution is -2.30. The largest absolute Gasteiger partial charge is 0.481 e. The fraction of sp³-hybridized carbons (Fsp3) is 0.182. The molecule has 1 heterocycles. The minimum atomic E-state index is -0.577. The summed E-state index contributed by atoms with van der Waals surface area (Å²) in [4.78, 5) is 17.6. The van der Waals surface area contributed by atoms with Crippen molar-refractivity contribution in [3.05, 3.63) is 84.2 Å². The Balaban J connectivity index is 1.51. The maximum atomic E-state index is 12.3. The van der Waals surface area contributed by atoms with Gasteiger partial charge in [-0.25, -0.2) is 0 Å². The van der Waals surface area contributed by atoms with Gasteiger partial charge in [-0.3, -0.25) is 9.78 Å². The van der Waals surface area contributed by atoms with Crippen molar-refractivity contribution in [3.63, 3.8) is 0 Å². The number of aryl methyl sites for hydroxylation is 1. The van der Waals surface area contributed by atoms with Crippen molar-refractivity contribution in [3.8, 4) is 5.75 Å². The maximum Gasteiger partial charge on any atom is 0.265 e. The Kier molecular flexibility index (Phi) is 6.49. The highest BCUT2D eigenvalue weighted by Crippen LogP contribution is 2.24. The number of thioether (sulfide) groups is 1. The van der Waals surface area contributed by atoms with Crippen LogP contribution in [0.1, 0.15) is 18.1 Å². The van der Waals surface area contributed by atoms with Gasteiger partial charge in [-0.1, -0.05) is 23.8 Å². The molecule has 2 aromatic carbocycles. The fourth-order valence-corrected chi connectivity index (χ4v) is 3.24. The van der Waals surface area contributed by atoms with Crippen molar-refractivity contribution >= 4 is 23.4 Å². The Morgan fingerprint density at radius 3 is 2.52 bits per heavy atom. The lowest BCUT2D eigenvalue weighted by Gasteiger charge is -2.15. The molecule has 1 atom stereocenters. The number of benzene rings is 2. The van der Waals surface area contributed by atoms with Crippen molar-refractivity contribution in [2.75, 3.05) is 5.32 Å². The van der Waals surface area contributed by atoms with Crippen molar-refractivity contribution < 1.29 is 9.53 Å². The van der Waals surface area contributed by atoms with Crippen LogP contribution in [0.15, 0.2) is 78.0 Å². The van der Waals surface area contributed by atoms with Crippen molar-refractivity contribution in [1.29, 1.82) is 0 Å². The van der Waals surface area contributed by atoms with E-state index in [1.807, 2.05) is 67.7 Å². The van der Waals surface area contributed by atoms with Crippen molar-refractivity contribution in [2.24, 2.45) is 0 Å². The molecular weight excluding hydrogens is 356 g/mol. The van der Waals surface area contributed by atoms with E-state index in [0.717, 1.165) is 21.9 Å². The summed E-state index contributed by atoms with van der Waals surface area (Å²) < 4.78 is 5.69. The highest BCUT2D eigenvalue weighted by Gasteiger charge is 2.14. The first kappa shape index (κ1) is 19.0. The zero-order chi connectivity index (χ0) is 19.1. The molecule has 138 valence electrons. The van der Waals surface area contributed by atoms with E-state index >= 15 is 0 Å². The first-order chi connectivity index (χ1) is 13.1. The van der Waals surface area contributed by atoms with Crippen LogP contribution in [-0.2, 0) is 10.5 Å². The smallest absolute Gasteiger partial charge is 0.265 e. The second kappa shape index (κ2) is 9.24. The van der Waals surface area contributed by atoms with Gasteiger partial charge >= 0.3 is 0 Å². The van der Waals surface area contributed by atoms with Gasteiger partial charge in [0.25, 0.3) is 5.91 Å².